The van der Waals surface area contributed by atoms with Crippen molar-refractivity contribution in [2.75, 3.05) is 64.4 Å². The van der Waals surface area contributed by atoms with Gasteiger partial charge in [-0.2, -0.15) is 0 Å². The maximum atomic E-state index is 13.7. The molecule has 2 aliphatic rings. The highest BCUT2D eigenvalue weighted by molar-refractivity contribution is 7.91. The molecule has 0 bridgehead atoms. The van der Waals surface area contributed by atoms with E-state index in [-0.39, 0.29) is 36.2 Å². The van der Waals surface area contributed by atoms with E-state index in [1.165, 1.54) is 28.4 Å². The van der Waals surface area contributed by atoms with Gasteiger partial charge < -0.3 is 37.6 Å². The Kier molecular flexibility index (Phi) is 15.6. The number of aromatic nitrogens is 10. The van der Waals surface area contributed by atoms with E-state index in [4.69, 9.17) is 27.8 Å². The molecule has 2 fully saturated rings. The van der Waals surface area contributed by atoms with Crippen LogP contribution in [0.3, 0.4) is 0 Å². The summed E-state index contributed by atoms with van der Waals surface area (Å²) in [4.78, 5) is 19.6. The SMILES string of the molecule is COc1cccc(OC)c1-n1c(CS(=O)(=O)[C@@H]2CCCN(c3ncc(F)cn3)C2)nnc1-c1ccc(C)o1.COc1cccc(OC)c1-n1c(CS(=O)(=O)[C@H]2CCCN(c3ncc(F)cn3)C2)nnc1-c1ccc(C)o1. The molecule has 10 rings (SSSR count). The van der Waals surface area contributed by atoms with Crippen molar-refractivity contribution in [1.29, 1.82) is 0 Å². The molecule has 26 heteroatoms. The Balaban J connectivity index is 0.000000186. The highest BCUT2D eigenvalue weighted by Crippen LogP contribution is 2.39. The molecule has 8 aromatic rings. The summed E-state index contributed by atoms with van der Waals surface area (Å²) in [6.07, 6.45) is 6.46. The summed E-state index contributed by atoms with van der Waals surface area (Å²) < 4.78 is 119. The first-order chi connectivity index (χ1) is 36.6. The van der Waals surface area contributed by atoms with Crippen molar-refractivity contribution in [3.8, 4) is 57.5 Å². The first-order valence-electron chi connectivity index (χ1n) is 23.9. The second-order valence-corrected chi connectivity index (χ2v) is 22.4. The fourth-order valence-electron chi connectivity index (χ4n) is 9.18. The lowest BCUT2D eigenvalue weighted by molar-refractivity contribution is 0.390. The van der Waals surface area contributed by atoms with Crippen molar-refractivity contribution >= 4 is 31.6 Å². The predicted octanol–water partition coefficient (Wildman–Crippen LogP) is 6.73. The van der Waals surface area contributed by atoms with Gasteiger partial charge in [0.05, 0.1) is 63.7 Å². The summed E-state index contributed by atoms with van der Waals surface area (Å²) in [7, 11) is -1.38. The minimum Gasteiger partial charge on any atom is -0.494 e. The average molecular weight is 1090 g/mol. The van der Waals surface area contributed by atoms with E-state index in [0.717, 1.165) is 24.8 Å². The largest absolute Gasteiger partial charge is 0.494 e. The average Bonchev–Trinajstić information content (AvgIpc) is 4.27. The van der Waals surface area contributed by atoms with Crippen molar-refractivity contribution in [2.24, 2.45) is 0 Å². The van der Waals surface area contributed by atoms with Gasteiger partial charge in [0.25, 0.3) is 0 Å². The molecule has 0 aliphatic carbocycles. The third kappa shape index (κ3) is 11.2. The molecule has 2 saturated heterocycles. The minimum absolute atomic E-state index is 0.185. The molecule has 6 aromatic heterocycles. The summed E-state index contributed by atoms with van der Waals surface area (Å²) in [6, 6.07) is 17.6. The van der Waals surface area contributed by atoms with Crippen LogP contribution < -0.4 is 28.7 Å². The number of halogens is 2. The third-order valence-electron chi connectivity index (χ3n) is 12.8. The predicted molar refractivity (Wildman–Crippen MR) is 274 cm³/mol. The van der Waals surface area contributed by atoms with Gasteiger partial charge in [-0.15, -0.1) is 20.4 Å². The van der Waals surface area contributed by atoms with Crippen LogP contribution in [0.25, 0.3) is 34.5 Å². The quantitative estimate of drug-likeness (QED) is 0.0972. The molecule has 8 heterocycles. The molecule has 400 valence electrons. The minimum atomic E-state index is -3.73. The molecule has 0 radical (unpaired) electrons. The Morgan fingerprint density at radius 1 is 0.539 bits per heavy atom. The molecule has 0 spiro atoms. The third-order valence-corrected chi connectivity index (χ3v) is 17.0. The number of anilines is 2. The zero-order valence-corrected chi connectivity index (χ0v) is 44.0. The Labute approximate surface area is 436 Å². The van der Waals surface area contributed by atoms with Crippen LogP contribution in [0.2, 0.25) is 0 Å². The number of rotatable bonds is 16. The van der Waals surface area contributed by atoms with Gasteiger partial charge >= 0.3 is 0 Å². The molecular weight excluding hydrogens is 1030 g/mol. The molecule has 0 N–H and O–H groups in total. The number of para-hydroxylation sites is 2. The van der Waals surface area contributed by atoms with E-state index in [1.54, 1.807) is 93.4 Å². The fraction of sp³-hybridized carbons (Fsp3) is 0.360. The topological polar surface area (TPSA) is 251 Å². The molecular formula is C50H54F2N12O10S2. The lowest BCUT2D eigenvalue weighted by Crippen LogP contribution is -2.43. The van der Waals surface area contributed by atoms with Crippen molar-refractivity contribution in [3.05, 3.63) is 120 Å². The van der Waals surface area contributed by atoms with Crippen LogP contribution in [-0.2, 0) is 31.2 Å². The van der Waals surface area contributed by atoms with Crippen molar-refractivity contribution < 1.29 is 53.4 Å². The normalized spacial score (nSPS) is 16.0. The zero-order valence-electron chi connectivity index (χ0n) is 42.3. The number of furan rings is 2. The van der Waals surface area contributed by atoms with Crippen LogP contribution in [0.5, 0.6) is 23.0 Å². The van der Waals surface area contributed by atoms with Crippen LogP contribution in [0, 0.1) is 25.5 Å². The van der Waals surface area contributed by atoms with Gasteiger partial charge in [-0.25, -0.2) is 45.6 Å². The molecule has 2 atom stereocenters. The van der Waals surface area contributed by atoms with Gasteiger partial charge in [-0.1, -0.05) is 12.1 Å². The standard InChI is InChI=1S/2C25H27FN6O5S/c2*1-16-9-10-21(37-16)24-30-29-22(32(24)23-19(35-2)7-4-8-20(23)36-3)15-38(33,34)18-6-5-11-31(14-18)25-27-12-17(26)13-28-25/h2*4,7-10,12-13,18H,5-6,11,14-15H2,1-3H3/t2*18-/m10/s1. The van der Waals surface area contributed by atoms with Gasteiger partial charge in [0.2, 0.25) is 23.5 Å². The summed E-state index contributed by atoms with van der Waals surface area (Å²) in [5.41, 5.74) is 0.920. The Hall–Kier alpha value is -8.00. The molecule has 2 aliphatic heterocycles. The highest BCUT2D eigenvalue weighted by Gasteiger charge is 2.37. The summed E-state index contributed by atoms with van der Waals surface area (Å²) in [5, 5.41) is 15.8. The second-order valence-electron chi connectivity index (χ2n) is 17.8. The number of hydrogen-bond acceptors (Lipinski definition) is 20. The van der Waals surface area contributed by atoms with E-state index < -0.39 is 41.8 Å². The number of aryl methyl sites for hydroxylation is 2. The van der Waals surface area contributed by atoms with Crippen LogP contribution >= 0.6 is 0 Å². The van der Waals surface area contributed by atoms with Crippen molar-refractivity contribution in [2.45, 2.75) is 61.5 Å². The van der Waals surface area contributed by atoms with Crippen LogP contribution in [-0.4, -0.2) is 131 Å². The Morgan fingerprint density at radius 2 is 0.895 bits per heavy atom. The summed E-state index contributed by atoms with van der Waals surface area (Å²) in [5.74, 6) is 3.69. The lowest BCUT2D eigenvalue weighted by Gasteiger charge is -2.32. The smallest absolute Gasteiger partial charge is 0.225 e. The number of hydrogen-bond donors (Lipinski definition) is 0. The lowest BCUT2D eigenvalue weighted by atomic mass is 10.1. The first kappa shape index (κ1) is 52.8. The number of nitrogens with zero attached hydrogens (tertiary/aromatic N) is 12. The highest BCUT2D eigenvalue weighted by atomic mass is 32.2. The van der Waals surface area contributed by atoms with Crippen molar-refractivity contribution in [1.82, 2.24) is 49.5 Å². The molecule has 76 heavy (non-hydrogen) atoms. The molecule has 0 saturated carbocycles. The second kappa shape index (κ2) is 22.5. The van der Waals surface area contributed by atoms with Crippen LogP contribution in [0.15, 0.2) is 94.3 Å². The first-order valence-corrected chi connectivity index (χ1v) is 27.4. The summed E-state index contributed by atoms with van der Waals surface area (Å²) >= 11 is 0. The van der Waals surface area contributed by atoms with E-state index in [9.17, 15) is 25.6 Å². The zero-order chi connectivity index (χ0) is 53.7. The molecule has 2 aromatic carbocycles. The number of benzene rings is 2. The van der Waals surface area contributed by atoms with Crippen molar-refractivity contribution in [3.63, 3.8) is 0 Å². The van der Waals surface area contributed by atoms with Crippen LogP contribution in [0.1, 0.15) is 48.9 Å². The number of sulfone groups is 2. The van der Waals surface area contributed by atoms with E-state index in [0.29, 0.717) is 120 Å². The Morgan fingerprint density at radius 3 is 1.21 bits per heavy atom. The van der Waals surface area contributed by atoms with E-state index in [2.05, 4.69) is 40.3 Å². The number of ether oxygens (including phenoxy) is 4. The number of piperidine rings is 2. The van der Waals surface area contributed by atoms with E-state index in [1.807, 2.05) is 0 Å². The van der Waals surface area contributed by atoms with Gasteiger partial charge in [0.1, 0.15) is 57.4 Å². The maximum absolute atomic E-state index is 13.7. The summed E-state index contributed by atoms with van der Waals surface area (Å²) in [6.45, 7) is 5.13. The molecule has 0 amide bonds. The van der Waals surface area contributed by atoms with E-state index >= 15 is 0 Å². The van der Waals surface area contributed by atoms with Gasteiger partial charge in [0.15, 0.2) is 54.5 Å². The van der Waals surface area contributed by atoms with Gasteiger partial charge in [-0.05, 0) is 88.1 Å². The molecule has 22 nitrogen and oxygen atoms in total. The number of methoxy groups -OCH3 is 4. The monoisotopic (exact) mass is 1080 g/mol. The fourth-order valence-corrected chi connectivity index (χ4v) is 12.6. The molecule has 0 unspecified atom stereocenters. The van der Waals surface area contributed by atoms with Crippen LogP contribution in [0.4, 0.5) is 20.7 Å². The van der Waals surface area contributed by atoms with Gasteiger partial charge in [-0.3, -0.25) is 9.13 Å². The Bertz CT molecular complexity index is 3260. The van der Waals surface area contributed by atoms with Gasteiger partial charge in [0, 0.05) is 26.2 Å². The maximum Gasteiger partial charge on any atom is 0.225 e.